The zero-order chi connectivity index (χ0) is 19.8. The maximum atomic E-state index is 14.5. The Bertz CT molecular complexity index is 1050. The van der Waals surface area contributed by atoms with Gasteiger partial charge in [-0.05, 0) is 50.6 Å². The number of likely N-dealkylation sites (tertiary alicyclic amines) is 1. The molecule has 1 aromatic heterocycles. The van der Waals surface area contributed by atoms with Gasteiger partial charge in [0.15, 0.2) is 11.5 Å². The molecule has 0 radical (unpaired) electrons. The summed E-state index contributed by atoms with van der Waals surface area (Å²) in [6.45, 7) is 5.37. The van der Waals surface area contributed by atoms with Crippen LogP contribution in [0.4, 0.5) is 15.9 Å². The van der Waals surface area contributed by atoms with Crippen molar-refractivity contribution in [3.8, 4) is 11.5 Å². The van der Waals surface area contributed by atoms with Gasteiger partial charge in [-0.25, -0.2) is 14.4 Å². The lowest BCUT2D eigenvalue weighted by Crippen LogP contribution is -2.39. The van der Waals surface area contributed by atoms with Crippen LogP contribution in [0.3, 0.4) is 0 Å². The number of rotatable bonds is 4. The molecule has 1 N–H and O–H groups in total. The van der Waals surface area contributed by atoms with E-state index in [0.29, 0.717) is 35.2 Å². The molecule has 3 heterocycles. The van der Waals surface area contributed by atoms with Gasteiger partial charge >= 0.3 is 0 Å². The van der Waals surface area contributed by atoms with Gasteiger partial charge in [0.25, 0.3) is 0 Å². The van der Waals surface area contributed by atoms with Gasteiger partial charge in [0.2, 0.25) is 0 Å². The Morgan fingerprint density at radius 1 is 1.17 bits per heavy atom. The molecule has 150 valence electrons. The first kappa shape index (κ1) is 18.1. The Morgan fingerprint density at radius 3 is 2.90 bits per heavy atom. The summed E-state index contributed by atoms with van der Waals surface area (Å²) in [6, 6.07) is 8.99. The standard InChI is InChI=1S/C22H23FN4O2/c1-14-5-4-6-17(21(14)23)26-22-16-9-20-19(10-18(16)24-13-25-22)28-12-15(29-20)11-27-7-2-3-8-27/h4-6,9-10,13,15H,2-3,7-8,11-12H2,1H3,(H,24,25,26). The van der Waals surface area contributed by atoms with Gasteiger partial charge in [0, 0.05) is 18.0 Å². The Hall–Kier alpha value is -2.93. The maximum absolute atomic E-state index is 14.5. The highest BCUT2D eigenvalue weighted by Crippen LogP contribution is 2.38. The normalized spacial score (nSPS) is 18.9. The van der Waals surface area contributed by atoms with E-state index in [4.69, 9.17) is 9.47 Å². The summed E-state index contributed by atoms with van der Waals surface area (Å²) in [6.07, 6.45) is 3.95. The van der Waals surface area contributed by atoms with Crippen LogP contribution in [0.5, 0.6) is 11.5 Å². The summed E-state index contributed by atoms with van der Waals surface area (Å²) in [5.74, 6) is 1.60. The van der Waals surface area contributed by atoms with E-state index < -0.39 is 0 Å². The third-order valence-corrected chi connectivity index (χ3v) is 5.52. The van der Waals surface area contributed by atoms with E-state index in [0.717, 1.165) is 30.5 Å². The number of hydrogen-bond donors (Lipinski definition) is 1. The molecule has 6 nitrogen and oxygen atoms in total. The van der Waals surface area contributed by atoms with Gasteiger partial charge < -0.3 is 14.8 Å². The molecule has 2 aliphatic heterocycles. The number of aryl methyl sites for hydroxylation is 1. The zero-order valence-electron chi connectivity index (χ0n) is 16.3. The van der Waals surface area contributed by atoms with E-state index in [2.05, 4.69) is 20.2 Å². The monoisotopic (exact) mass is 394 g/mol. The lowest BCUT2D eigenvalue weighted by molar-refractivity contribution is 0.0653. The summed E-state index contributed by atoms with van der Waals surface area (Å²) >= 11 is 0. The first-order valence-electron chi connectivity index (χ1n) is 10.00. The van der Waals surface area contributed by atoms with Crippen molar-refractivity contribution in [2.45, 2.75) is 25.9 Å². The molecule has 5 rings (SSSR count). The minimum atomic E-state index is -0.289. The van der Waals surface area contributed by atoms with Crippen molar-refractivity contribution < 1.29 is 13.9 Å². The van der Waals surface area contributed by atoms with E-state index in [1.165, 1.54) is 19.2 Å². The molecule has 1 atom stereocenters. The summed E-state index contributed by atoms with van der Waals surface area (Å²) in [5, 5.41) is 3.86. The van der Waals surface area contributed by atoms with Crippen LogP contribution in [0.15, 0.2) is 36.7 Å². The second-order valence-corrected chi connectivity index (χ2v) is 7.66. The van der Waals surface area contributed by atoms with Crippen LogP contribution in [0, 0.1) is 12.7 Å². The van der Waals surface area contributed by atoms with Crippen LogP contribution in [0.1, 0.15) is 18.4 Å². The van der Waals surface area contributed by atoms with Crippen molar-refractivity contribution in [2.24, 2.45) is 0 Å². The summed E-state index contributed by atoms with van der Waals surface area (Å²) < 4.78 is 26.6. The van der Waals surface area contributed by atoms with E-state index >= 15 is 0 Å². The fourth-order valence-electron chi connectivity index (χ4n) is 3.98. The molecule has 1 unspecified atom stereocenters. The highest BCUT2D eigenvalue weighted by Gasteiger charge is 2.26. The molecule has 7 heteroatoms. The number of hydrogen-bond acceptors (Lipinski definition) is 6. The number of ether oxygens (including phenoxy) is 2. The zero-order valence-corrected chi connectivity index (χ0v) is 16.3. The first-order chi connectivity index (χ1) is 14.2. The van der Waals surface area contributed by atoms with E-state index in [-0.39, 0.29) is 11.9 Å². The Balaban J connectivity index is 1.45. The summed E-state index contributed by atoms with van der Waals surface area (Å²) in [7, 11) is 0. The van der Waals surface area contributed by atoms with Gasteiger partial charge in [0.05, 0.1) is 11.2 Å². The highest BCUT2D eigenvalue weighted by atomic mass is 19.1. The number of nitrogens with zero attached hydrogens (tertiary/aromatic N) is 3. The number of aromatic nitrogens is 2. The number of halogens is 1. The smallest absolute Gasteiger partial charge is 0.163 e. The average molecular weight is 394 g/mol. The highest BCUT2D eigenvalue weighted by molar-refractivity contribution is 5.93. The van der Waals surface area contributed by atoms with Crippen LogP contribution in [-0.2, 0) is 0 Å². The molecule has 0 amide bonds. The van der Waals surface area contributed by atoms with Crippen molar-refractivity contribution in [1.29, 1.82) is 0 Å². The topological polar surface area (TPSA) is 59.5 Å². The molecule has 2 aliphatic rings. The molecule has 3 aromatic rings. The predicted molar refractivity (Wildman–Crippen MR) is 110 cm³/mol. The predicted octanol–water partition coefficient (Wildman–Crippen LogP) is 4.06. The Morgan fingerprint density at radius 2 is 2.03 bits per heavy atom. The second-order valence-electron chi connectivity index (χ2n) is 7.66. The second kappa shape index (κ2) is 7.48. The number of anilines is 2. The maximum Gasteiger partial charge on any atom is 0.163 e. The molecule has 29 heavy (non-hydrogen) atoms. The minimum Gasteiger partial charge on any atom is -0.486 e. The molecule has 2 aromatic carbocycles. The lowest BCUT2D eigenvalue weighted by atomic mass is 10.1. The van der Waals surface area contributed by atoms with Crippen molar-refractivity contribution >= 4 is 22.4 Å². The van der Waals surface area contributed by atoms with Gasteiger partial charge in [-0.2, -0.15) is 0 Å². The van der Waals surface area contributed by atoms with Crippen molar-refractivity contribution in [2.75, 3.05) is 31.6 Å². The van der Waals surface area contributed by atoms with Gasteiger partial charge in [-0.3, -0.25) is 4.90 Å². The quantitative estimate of drug-likeness (QED) is 0.720. The van der Waals surface area contributed by atoms with Crippen molar-refractivity contribution in [3.63, 3.8) is 0 Å². The van der Waals surface area contributed by atoms with Crippen LogP contribution in [0.25, 0.3) is 10.9 Å². The lowest BCUT2D eigenvalue weighted by Gasteiger charge is -2.29. The SMILES string of the molecule is Cc1cccc(Nc2ncnc3cc4c(cc23)OC(CN2CCCC2)CO4)c1F. The van der Waals surface area contributed by atoms with Crippen molar-refractivity contribution in [1.82, 2.24) is 14.9 Å². The largest absolute Gasteiger partial charge is 0.486 e. The fraction of sp³-hybridized carbons (Fsp3) is 0.364. The summed E-state index contributed by atoms with van der Waals surface area (Å²) in [4.78, 5) is 11.1. The fourth-order valence-corrected chi connectivity index (χ4v) is 3.98. The van der Waals surface area contributed by atoms with Crippen LogP contribution in [0.2, 0.25) is 0 Å². The minimum absolute atomic E-state index is 0.00620. The molecule has 0 bridgehead atoms. The molecular formula is C22H23FN4O2. The Kier molecular flexibility index (Phi) is 4.67. The van der Waals surface area contributed by atoms with Gasteiger partial charge in [0.1, 0.15) is 30.7 Å². The third kappa shape index (κ3) is 3.58. The molecule has 0 aliphatic carbocycles. The molecule has 0 saturated carbocycles. The van der Waals surface area contributed by atoms with Crippen LogP contribution >= 0.6 is 0 Å². The molecular weight excluding hydrogens is 371 g/mol. The molecule has 1 fully saturated rings. The molecule has 1 saturated heterocycles. The number of fused-ring (bicyclic) bond motifs is 2. The number of nitrogens with one attached hydrogen (secondary N) is 1. The van der Waals surface area contributed by atoms with E-state index in [1.54, 1.807) is 19.1 Å². The van der Waals surface area contributed by atoms with E-state index in [9.17, 15) is 4.39 Å². The van der Waals surface area contributed by atoms with Gasteiger partial charge in [-0.15, -0.1) is 0 Å². The third-order valence-electron chi connectivity index (χ3n) is 5.52. The molecule has 0 spiro atoms. The Labute approximate surface area is 168 Å². The van der Waals surface area contributed by atoms with Gasteiger partial charge in [-0.1, -0.05) is 12.1 Å². The number of benzene rings is 2. The van der Waals surface area contributed by atoms with E-state index in [1.807, 2.05) is 18.2 Å². The van der Waals surface area contributed by atoms with Crippen LogP contribution in [-0.4, -0.2) is 47.2 Å². The van der Waals surface area contributed by atoms with Crippen LogP contribution < -0.4 is 14.8 Å². The van der Waals surface area contributed by atoms with Crippen molar-refractivity contribution in [3.05, 3.63) is 48.0 Å². The first-order valence-corrected chi connectivity index (χ1v) is 10.00. The summed E-state index contributed by atoms with van der Waals surface area (Å²) in [5.41, 5.74) is 1.68. The average Bonchev–Trinajstić information content (AvgIpc) is 3.23.